The summed E-state index contributed by atoms with van der Waals surface area (Å²) in [6.07, 6.45) is 1.41. The topological polar surface area (TPSA) is 108 Å². The van der Waals surface area contributed by atoms with Crippen molar-refractivity contribution in [3.8, 4) is 0 Å². The Morgan fingerprint density at radius 3 is 2.56 bits per heavy atom. The molecule has 25 heavy (non-hydrogen) atoms. The zero-order valence-electron chi connectivity index (χ0n) is 14.3. The van der Waals surface area contributed by atoms with E-state index in [1.807, 2.05) is 6.07 Å². The van der Waals surface area contributed by atoms with Gasteiger partial charge >= 0.3 is 11.8 Å². The summed E-state index contributed by atoms with van der Waals surface area (Å²) in [5.74, 6) is -2.20. The minimum Gasteiger partial charge on any atom is -0.346 e. The third kappa shape index (κ3) is 5.30. The van der Waals surface area contributed by atoms with Gasteiger partial charge in [0.25, 0.3) is 5.91 Å². The normalized spacial score (nSPS) is 13.7. The smallest absolute Gasteiger partial charge is 0.327 e. The Kier molecular flexibility index (Phi) is 6.10. The highest BCUT2D eigenvalue weighted by molar-refractivity contribution is 6.35. The summed E-state index contributed by atoms with van der Waals surface area (Å²) in [7, 11) is 0. The van der Waals surface area contributed by atoms with Gasteiger partial charge in [0.1, 0.15) is 0 Å². The zero-order valence-corrected chi connectivity index (χ0v) is 14.3. The number of likely N-dealkylation sites (tertiary alicyclic amines) is 1. The van der Waals surface area contributed by atoms with Gasteiger partial charge < -0.3 is 10.2 Å². The predicted octanol–water partition coefficient (Wildman–Crippen LogP) is 0.0946. The molecule has 4 amide bonds. The van der Waals surface area contributed by atoms with Crippen LogP contribution in [-0.2, 0) is 20.9 Å². The van der Waals surface area contributed by atoms with E-state index < -0.39 is 17.7 Å². The van der Waals surface area contributed by atoms with Crippen LogP contribution in [0.4, 0.5) is 0 Å². The molecule has 0 spiro atoms. The number of rotatable bonds is 4. The summed E-state index contributed by atoms with van der Waals surface area (Å²) >= 11 is 0. The molecule has 1 aromatic rings. The van der Waals surface area contributed by atoms with Crippen LogP contribution in [0, 0.1) is 0 Å². The Balaban J connectivity index is 1.91. The largest absolute Gasteiger partial charge is 0.346 e. The van der Waals surface area contributed by atoms with E-state index in [2.05, 4.69) is 16.2 Å². The van der Waals surface area contributed by atoms with Crippen molar-refractivity contribution in [3.05, 3.63) is 35.4 Å². The van der Waals surface area contributed by atoms with Crippen LogP contribution < -0.4 is 16.2 Å². The molecule has 0 aromatic heterocycles. The fourth-order valence-corrected chi connectivity index (χ4v) is 2.47. The van der Waals surface area contributed by atoms with E-state index in [0.29, 0.717) is 18.5 Å². The van der Waals surface area contributed by atoms with Crippen molar-refractivity contribution >= 4 is 23.6 Å². The van der Waals surface area contributed by atoms with Crippen LogP contribution in [0.15, 0.2) is 24.3 Å². The molecule has 3 N–H and O–H groups in total. The summed E-state index contributed by atoms with van der Waals surface area (Å²) < 4.78 is 0. The number of amides is 4. The molecule has 8 heteroatoms. The summed E-state index contributed by atoms with van der Waals surface area (Å²) in [6, 6.07) is 6.60. The van der Waals surface area contributed by atoms with E-state index in [-0.39, 0.29) is 11.9 Å². The van der Waals surface area contributed by atoms with E-state index in [1.54, 1.807) is 36.9 Å². The second-order valence-electron chi connectivity index (χ2n) is 6.16. The van der Waals surface area contributed by atoms with E-state index in [4.69, 9.17) is 0 Å². The second-order valence-corrected chi connectivity index (χ2v) is 6.16. The molecule has 1 aliphatic heterocycles. The third-order valence-electron chi connectivity index (χ3n) is 3.65. The van der Waals surface area contributed by atoms with Crippen molar-refractivity contribution in [1.82, 2.24) is 21.1 Å². The van der Waals surface area contributed by atoms with Crippen molar-refractivity contribution in [2.24, 2.45) is 0 Å². The minimum atomic E-state index is -0.944. The summed E-state index contributed by atoms with van der Waals surface area (Å²) in [5, 5.41) is 2.42. The standard InChI is InChI=1S/C17H22N4O4/c1-11(2)18-16(24)17(25)20-19-15(23)13-6-3-5-12(9-13)10-21-8-4-7-14(21)22/h3,5-6,9,11H,4,7-8,10H2,1-2H3,(H,18,24)(H,19,23)(H,20,25). The van der Waals surface area contributed by atoms with Crippen LogP contribution in [0.5, 0.6) is 0 Å². The third-order valence-corrected chi connectivity index (χ3v) is 3.65. The molecule has 1 heterocycles. The molecule has 1 saturated heterocycles. The van der Waals surface area contributed by atoms with Gasteiger partial charge in [-0.2, -0.15) is 0 Å². The van der Waals surface area contributed by atoms with Gasteiger partial charge in [0, 0.05) is 31.1 Å². The number of carbonyl (C=O) groups is 4. The predicted molar refractivity (Wildman–Crippen MR) is 90.0 cm³/mol. The number of nitrogens with one attached hydrogen (secondary N) is 3. The van der Waals surface area contributed by atoms with Crippen LogP contribution in [0.25, 0.3) is 0 Å². The first kappa shape index (κ1) is 18.4. The fraction of sp³-hybridized carbons (Fsp3) is 0.412. The van der Waals surface area contributed by atoms with Gasteiger partial charge in [-0.05, 0) is 38.0 Å². The maximum atomic E-state index is 12.1. The Morgan fingerprint density at radius 1 is 1.16 bits per heavy atom. The van der Waals surface area contributed by atoms with Crippen molar-refractivity contribution < 1.29 is 19.2 Å². The molecule has 1 aliphatic rings. The van der Waals surface area contributed by atoms with Crippen LogP contribution in [0.2, 0.25) is 0 Å². The molecule has 0 bridgehead atoms. The van der Waals surface area contributed by atoms with Gasteiger partial charge in [0.2, 0.25) is 5.91 Å². The van der Waals surface area contributed by atoms with Gasteiger partial charge in [-0.3, -0.25) is 30.0 Å². The number of hydrogen-bond acceptors (Lipinski definition) is 4. The van der Waals surface area contributed by atoms with Gasteiger partial charge in [0.05, 0.1) is 0 Å². The average Bonchev–Trinajstić information content (AvgIpc) is 2.96. The molecule has 2 rings (SSSR count). The second kappa shape index (κ2) is 8.27. The van der Waals surface area contributed by atoms with Gasteiger partial charge in [-0.1, -0.05) is 12.1 Å². The Bertz CT molecular complexity index is 687. The molecule has 8 nitrogen and oxygen atoms in total. The van der Waals surface area contributed by atoms with E-state index >= 15 is 0 Å². The van der Waals surface area contributed by atoms with Crippen molar-refractivity contribution in [2.45, 2.75) is 39.3 Å². The minimum absolute atomic E-state index is 0.110. The Labute approximate surface area is 145 Å². The molecule has 1 fully saturated rings. The lowest BCUT2D eigenvalue weighted by molar-refractivity contribution is -0.139. The molecule has 0 saturated carbocycles. The summed E-state index contributed by atoms with van der Waals surface area (Å²) in [4.78, 5) is 48.6. The molecular formula is C17H22N4O4. The molecule has 0 atom stereocenters. The quantitative estimate of drug-likeness (QED) is 0.531. The fourth-order valence-electron chi connectivity index (χ4n) is 2.47. The summed E-state index contributed by atoms with van der Waals surface area (Å²) in [5.41, 5.74) is 5.43. The SMILES string of the molecule is CC(C)NC(=O)C(=O)NNC(=O)c1cccc(CN2CCCC2=O)c1. The molecule has 1 aromatic carbocycles. The summed E-state index contributed by atoms with van der Waals surface area (Å²) in [6.45, 7) is 4.61. The van der Waals surface area contributed by atoms with Gasteiger partial charge in [-0.25, -0.2) is 0 Å². The van der Waals surface area contributed by atoms with Crippen LogP contribution in [-0.4, -0.2) is 41.1 Å². The lowest BCUT2D eigenvalue weighted by atomic mass is 10.1. The Hall–Kier alpha value is -2.90. The van der Waals surface area contributed by atoms with Gasteiger partial charge in [-0.15, -0.1) is 0 Å². The van der Waals surface area contributed by atoms with Crippen LogP contribution in [0.3, 0.4) is 0 Å². The number of carbonyl (C=O) groups excluding carboxylic acids is 4. The molecule has 0 unspecified atom stereocenters. The highest BCUT2D eigenvalue weighted by Crippen LogP contribution is 2.15. The number of benzene rings is 1. The van der Waals surface area contributed by atoms with Crippen LogP contribution in [0.1, 0.15) is 42.6 Å². The average molecular weight is 346 g/mol. The maximum Gasteiger partial charge on any atom is 0.327 e. The first-order valence-corrected chi connectivity index (χ1v) is 8.14. The van der Waals surface area contributed by atoms with Crippen LogP contribution >= 0.6 is 0 Å². The monoisotopic (exact) mass is 346 g/mol. The molecule has 134 valence electrons. The molecular weight excluding hydrogens is 324 g/mol. The van der Waals surface area contributed by atoms with E-state index in [9.17, 15) is 19.2 Å². The number of hydrazine groups is 1. The highest BCUT2D eigenvalue weighted by atomic mass is 16.2. The lowest BCUT2D eigenvalue weighted by Crippen LogP contribution is -2.49. The maximum absolute atomic E-state index is 12.1. The lowest BCUT2D eigenvalue weighted by Gasteiger charge is -2.16. The van der Waals surface area contributed by atoms with E-state index in [1.165, 1.54) is 0 Å². The van der Waals surface area contributed by atoms with Crippen molar-refractivity contribution in [2.75, 3.05) is 6.54 Å². The highest BCUT2D eigenvalue weighted by Gasteiger charge is 2.20. The van der Waals surface area contributed by atoms with E-state index in [0.717, 1.165) is 18.5 Å². The van der Waals surface area contributed by atoms with Gasteiger partial charge in [0.15, 0.2) is 0 Å². The first-order valence-electron chi connectivity index (χ1n) is 8.14. The number of nitrogens with zero attached hydrogens (tertiary/aromatic N) is 1. The van der Waals surface area contributed by atoms with Crippen molar-refractivity contribution in [3.63, 3.8) is 0 Å². The number of hydrogen-bond donors (Lipinski definition) is 3. The zero-order chi connectivity index (χ0) is 18.4. The molecule has 0 aliphatic carbocycles. The Morgan fingerprint density at radius 2 is 1.92 bits per heavy atom. The molecule has 0 radical (unpaired) electrons. The van der Waals surface area contributed by atoms with Crippen molar-refractivity contribution in [1.29, 1.82) is 0 Å². The first-order chi connectivity index (χ1) is 11.9.